The maximum absolute atomic E-state index is 6.16. The highest BCUT2D eigenvalue weighted by Crippen LogP contribution is 2.31. The normalized spacial score (nSPS) is 12.6. The summed E-state index contributed by atoms with van der Waals surface area (Å²) in [6.07, 6.45) is 1.09. The van der Waals surface area contributed by atoms with Gasteiger partial charge in [0.25, 0.3) is 0 Å². The van der Waals surface area contributed by atoms with Gasteiger partial charge in [-0.25, -0.2) is 0 Å². The Balaban J connectivity index is 2.14. The summed E-state index contributed by atoms with van der Waals surface area (Å²) in [5, 5.41) is 4.67. The van der Waals surface area contributed by atoms with Gasteiger partial charge in [0.15, 0.2) is 0 Å². The number of halogens is 2. The topological polar surface area (TPSA) is 25.2 Å². The molecular formula is C15H17Cl2NO. The van der Waals surface area contributed by atoms with Crippen molar-refractivity contribution >= 4 is 23.2 Å². The molecule has 1 unspecified atom stereocenters. The van der Waals surface area contributed by atoms with Crippen molar-refractivity contribution in [3.05, 3.63) is 46.1 Å². The number of hydrogen-bond donors (Lipinski definition) is 1. The van der Waals surface area contributed by atoms with Crippen LogP contribution in [0.2, 0.25) is 10.0 Å². The minimum atomic E-state index is 0.475. The van der Waals surface area contributed by atoms with Crippen LogP contribution in [0.25, 0.3) is 11.3 Å². The molecule has 0 saturated heterocycles. The molecule has 0 aliphatic heterocycles. The van der Waals surface area contributed by atoms with Gasteiger partial charge in [0, 0.05) is 16.6 Å². The van der Waals surface area contributed by atoms with Gasteiger partial charge in [-0.1, -0.05) is 30.1 Å². The zero-order valence-corrected chi connectivity index (χ0v) is 12.6. The molecule has 1 N–H and O–H groups in total. The lowest BCUT2D eigenvalue weighted by Gasteiger charge is -2.09. The van der Waals surface area contributed by atoms with Crippen LogP contribution in [0.3, 0.4) is 0 Å². The summed E-state index contributed by atoms with van der Waals surface area (Å²) in [4.78, 5) is 0. The van der Waals surface area contributed by atoms with Gasteiger partial charge < -0.3 is 9.73 Å². The molecule has 19 heavy (non-hydrogen) atoms. The summed E-state index contributed by atoms with van der Waals surface area (Å²) in [5.74, 6) is 1.64. The fourth-order valence-corrected chi connectivity index (χ4v) is 2.11. The standard InChI is InChI=1S/C15H17Cl2NO/c1-3-10(2)18-9-12-5-7-15(19-12)13-8-11(16)4-6-14(13)17/h4-8,10,18H,3,9H2,1-2H3. The van der Waals surface area contributed by atoms with Gasteiger partial charge in [0.2, 0.25) is 0 Å². The first kappa shape index (κ1) is 14.4. The molecule has 0 fully saturated rings. The van der Waals surface area contributed by atoms with Crippen molar-refractivity contribution in [2.45, 2.75) is 32.9 Å². The van der Waals surface area contributed by atoms with Crippen LogP contribution < -0.4 is 5.32 Å². The third kappa shape index (κ3) is 3.75. The van der Waals surface area contributed by atoms with E-state index in [-0.39, 0.29) is 0 Å². The van der Waals surface area contributed by atoms with E-state index in [0.29, 0.717) is 22.6 Å². The van der Waals surface area contributed by atoms with Crippen LogP contribution in [0.5, 0.6) is 0 Å². The average molecular weight is 298 g/mol. The second-order valence-electron chi connectivity index (χ2n) is 4.58. The van der Waals surface area contributed by atoms with Crippen LogP contribution in [0.4, 0.5) is 0 Å². The van der Waals surface area contributed by atoms with Gasteiger partial charge in [-0.3, -0.25) is 0 Å². The van der Waals surface area contributed by atoms with Gasteiger partial charge in [0.1, 0.15) is 11.5 Å². The fourth-order valence-electron chi connectivity index (χ4n) is 1.72. The van der Waals surface area contributed by atoms with Gasteiger partial charge >= 0.3 is 0 Å². The summed E-state index contributed by atoms with van der Waals surface area (Å²) < 4.78 is 5.79. The number of benzene rings is 1. The van der Waals surface area contributed by atoms with Crippen molar-refractivity contribution in [3.63, 3.8) is 0 Å². The van der Waals surface area contributed by atoms with Crippen LogP contribution in [0, 0.1) is 0 Å². The summed E-state index contributed by atoms with van der Waals surface area (Å²) in [6, 6.07) is 9.71. The highest BCUT2D eigenvalue weighted by atomic mass is 35.5. The summed E-state index contributed by atoms with van der Waals surface area (Å²) >= 11 is 12.1. The molecule has 4 heteroatoms. The molecule has 102 valence electrons. The number of rotatable bonds is 5. The molecule has 0 saturated carbocycles. The quantitative estimate of drug-likeness (QED) is 0.826. The molecular weight excluding hydrogens is 281 g/mol. The lowest BCUT2D eigenvalue weighted by Crippen LogP contribution is -2.24. The number of hydrogen-bond acceptors (Lipinski definition) is 2. The van der Waals surface area contributed by atoms with Gasteiger partial charge in [-0.05, 0) is 43.7 Å². The van der Waals surface area contributed by atoms with E-state index in [9.17, 15) is 0 Å². The highest BCUT2D eigenvalue weighted by Gasteiger charge is 2.09. The SMILES string of the molecule is CCC(C)NCc1ccc(-c2cc(Cl)ccc2Cl)o1. The Kier molecular flexibility index (Phi) is 4.92. The molecule has 2 rings (SSSR count). The van der Waals surface area contributed by atoms with E-state index in [1.54, 1.807) is 12.1 Å². The van der Waals surface area contributed by atoms with E-state index in [1.165, 1.54) is 0 Å². The van der Waals surface area contributed by atoms with E-state index in [0.717, 1.165) is 23.5 Å². The second-order valence-corrected chi connectivity index (χ2v) is 5.42. The average Bonchev–Trinajstić information content (AvgIpc) is 2.87. The zero-order valence-electron chi connectivity index (χ0n) is 11.0. The Bertz CT molecular complexity index is 551. The largest absolute Gasteiger partial charge is 0.460 e. The fraction of sp³-hybridized carbons (Fsp3) is 0.333. The number of furan rings is 1. The molecule has 0 amide bonds. The minimum absolute atomic E-state index is 0.475. The van der Waals surface area contributed by atoms with Crippen molar-refractivity contribution < 1.29 is 4.42 Å². The van der Waals surface area contributed by atoms with Crippen molar-refractivity contribution in [1.29, 1.82) is 0 Å². The number of nitrogens with one attached hydrogen (secondary N) is 1. The van der Waals surface area contributed by atoms with Crippen LogP contribution in [-0.2, 0) is 6.54 Å². The molecule has 1 aromatic carbocycles. The predicted molar refractivity (Wildman–Crippen MR) is 80.8 cm³/mol. The predicted octanol–water partition coefficient (Wildman–Crippen LogP) is 5.14. The van der Waals surface area contributed by atoms with Crippen LogP contribution in [-0.4, -0.2) is 6.04 Å². The third-order valence-electron chi connectivity index (χ3n) is 3.09. The molecule has 0 bridgehead atoms. The molecule has 0 aliphatic carbocycles. The summed E-state index contributed by atoms with van der Waals surface area (Å²) in [7, 11) is 0. The molecule has 1 heterocycles. The highest BCUT2D eigenvalue weighted by molar-refractivity contribution is 6.35. The minimum Gasteiger partial charge on any atom is -0.460 e. The summed E-state index contributed by atoms with van der Waals surface area (Å²) in [6.45, 7) is 5.02. The molecule has 0 radical (unpaired) electrons. The van der Waals surface area contributed by atoms with E-state index >= 15 is 0 Å². The van der Waals surface area contributed by atoms with Crippen molar-refractivity contribution in [2.75, 3.05) is 0 Å². The van der Waals surface area contributed by atoms with Gasteiger partial charge in [0.05, 0.1) is 11.6 Å². The molecule has 2 nitrogen and oxygen atoms in total. The first-order chi connectivity index (χ1) is 9.10. The maximum Gasteiger partial charge on any atom is 0.135 e. The second kappa shape index (κ2) is 6.47. The Morgan fingerprint density at radius 3 is 2.74 bits per heavy atom. The van der Waals surface area contributed by atoms with Crippen molar-refractivity contribution in [1.82, 2.24) is 5.32 Å². The van der Waals surface area contributed by atoms with Crippen LogP contribution in [0.1, 0.15) is 26.0 Å². The van der Waals surface area contributed by atoms with E-state index < -0.39 is 0 Å². The molecule has 1 atom stereocenters. The molecule has 2 aromatic rings. The van der Waals surface area contributed by atoms with Gasteiger partial charge in [-0.2, -0.15) is 0 Å². The monoisotopic (exact) mass is 297 g/mol. The van der Waals surface area contributed by atoms with Crippen LogP contribution >= 0.6 is 23.2 Å². The van der Waals surface area contributed by atoms with E-state index in [2.05, 4.69) is 19.2 Å². The van der Waals surface area contributed by atoms with Gasteiger partial charge in [-0.15, -0.1) is 0 Å². The first-order valence-corrected chi connectivity index (χ1v) is 7.13. The Hall–Kier alpha value is -0.960. The van der Waals surface area contributed by atoms with E-state index in [4.69, 9.17) is 27.6 Å². The molecule has 0 aliphatic rings. The maximum atomic E-state index is 6.16. The van der Waals surface area contributed by atoms with Crippen molar-refractivity contribution in [2.24, 2.45) is 0 Å². The van der Waals surface area contributed by atoms with E-state index in [1.807, 2.05) is 18.2 Å². The third-order valence-corrected chi connectivity index (χ3v) is 3.66. The Labute approximate surface area is 123 Å². The lowest BCUT2D eigenvalue weighted by molar-refractivity contribution is 0.457. The van der Waals surface area contributed by atoms with Crippen molar-refractivity contribution in [3.8, 4) is 11.3 Å². The molecule has 1 aromatic heterocycles. The van der Waals surface area contributed by atoms with Crippen LogP contribution in [0.15, 0.2) is 34.7 Å². The smallest absolute Gasteiger partial charge is 0.135 e. The zero-order chi connectivity index (χ0) is 13.8. The lowest BCUT2D eigenvalue weighted by atomic mass is 10.2. The Morgan fingerprint density at radius 1 is 1.21 bits per heavy atom. The molecule has 0 spiro atoms. The Morgan fingerprint density at radius 2 is 2.00 bits per heavy atom. The summed E-state index contributed by atoms with van der Waals surface area (Å²) in [5.41, 5.74) is 0.823. The first-order valence-electron chi connectivity index (χ1n) is 6.37.